The molecule has 0 amide bonds. The normalized spacial score (nSPS) is 10.4. The first-order valence-electron chi connectivity index (χ1n) is 5.98. The summed E-state index contributed by atoms with van der Waals surface area (Å²) in [7, 11) is 7.39. The lowest BCUT2D eigenvalue weighted by atomic mass is 10.6. The van der Waals surface area contributed by atoms with Crippen LogP contribution >= 0.6 is 0 Å². The Balaban J connectivity index is 2.17. The number of anilines is 2. The Hall–Kier alpha value is -2.45. The average molecular weight is 279 g/mol. The van der Waals surface area contributed by atoms with E-state index in [4.69, 9.17) is 9.26 Å². The third kappa shape index (κ3) is 3.31. The van der Waals surface area contributed by atoms with Crippen molar-refractivity contribution in [2.24, 2.45) is 0 Å². The first-order chi connectivity index (χ1) is 9.45. The molecule has 0 bridgehead atoms. The maximum atomic E-state index is 5.49. The average Bonchev–Trinajstić information content (AvgIpc) is 2.81. The van der Waals surface area contributed by atoms with Gasteiger partial charge in [0.25, 0.3) is 0 Å². The summed E-state index contributed by atoms with van der Waals surface area (Å²) in [5.41, 5.74) is 0. The minimum atomic E-state index is 0.140. The van der Waals surface area contributed by atoms with E-state index in [1.807, 2.05) is 28.2 Å². The highest BCUT2D eigenvalue weighted by molar-refractivity contribution is 5.37. The van der Waals surface area contributed by atoms with Gasteiger partial charge in [-0.05, 0) is 0 Å². The molecule has 0 fully saturated rings. The van der Waals surface area contributed by atoms with Crippen molar-refractivity contribution < 1.29 is 9.26 Å². The summed E-state index contributed by atoms with van der Waals surface area (Å²) < 4.78 is 10.4. The first kappa shape index (κ1) is 14.0. The molecule has 9 heteroatoms. The molecule has 0 radical (unpaired) electrons. The standard InChI is InChI=1S/C11H17N7O2/c1-7-12-8(16-20-7)6-19-11-14-9(17(2)3)13-10(15-11)18(4)5/h6H2,1-5H3. The van der Waals surface area contributed by atoms with Gasteiger partial charge < -0.3 is 19.1 Å². The van der Waals surface area contributed by atoms with E-state index in [1.54, 1.807) is 16.7 Å². The molecule has 2 rings (SSSR count). The van der Waals surface area contributed by atoms with Crippen LogP contribution in [-0.2, 0) is 6.61 Å². The van der Waals surface area contributed by atoms with Gasteiger partial charge in [0.15, 0.2) is 6.61 Å². The van der Waals surface area contributed by atoms with Gasteiger partial charge in [0, 0.05) is 35.1 Å². The van der Waals surface area contributed by atoms with Crippen LogP contribution in [0.5, 0.6) is 6.01 Å². The quantitative estimate of drug-likeness (QED) is 0.764. The zero-order valence-corrected chi connectivity index (χ0v) is 12.2. The van der Waals surface area contributed by atoms with Gasteiger partial charge in [-0.3, -0.25) is 0 Å². The molecule has 0 saturated heterocycles. The predicted octanol–water partition coefficient (Wildman–Crippen LogP) is 0.274. The molecule has 2 aromatic rings. The second-order valence-corrected chi connectivity index (χ2v) is 4.53. The SMILES string of the molecule is Cc1nc(COc2nc(N(C)C)nc(N(C)C)n2)no1. The third-order valence-electron chi connectivity index (χ3n) is 2.29. The Morgan fingerprint density at radius 2 is 1.55 bits per heavy atom. The van der Waals surface area contributed by atoms with Crippen LogP contribution in [0.25, 0.3) is 0 Å². The largest absolute Gasteiger partial charge is 0.455 e. The number of ether oxygens (including phenoxy) is 1. The molecule has 0 aliphatic carbocycles. The van der Waals surface area contributed by atoms with Crippen LogP contribution in [0.3, 0.4) is 0 Å². The molecule has 20 heavy (non-hydrogen) atoms. The Morgan fingerprint density at radius 1 is 0.950 bits per heavy atom. The zero-order valence-electron chi connectivity index (χ0n) is 12.2. The molecule has 0 aromatic carbocycles. The molecular formula is C11H17N7O2. The molecule has 0 spiro atoms. The zero-order chi connectivity index (χ0) is 14.7. The van der Waals surface area contributed by atoms with Crippen molar-refractivity contribution in [2.45, 2.75) is 13.5 Å². The highest BCUT2D eigenvalue weighted by Crippen LogP contribution is 2.15. The second kappa shape index (κ2) is 5.68. The Bertz CT molecular complexity index is 556. The molecule has 0 saturated carbocycles. The van der Waals surface area contributed by atoms with Crippen LogP contribution in [0.4, 0.5) is 11.9 Å². The lowest BCUT2D eigenvalue weighted by Gasteiger charge is -2.15. The maximum Gasteiger partial charge on any atom is 0.323 e. The lowest BCUT2D eigenvalue weighted by molar-refractivity contribution is 0.263. The van der Waals surface area contributed by atoms with Gasteiger partial charge in [0.05, 0.1) is 0 Å². The number of aromatic nitrogens is 5. The molecule has 9 nitrogen and oxygen atoms in total. The fraction of sp³-hybridized carbons (Fsp3) is 0.545. The molecule has 108 valence electrons. The summed E-state index contributed by atoms with van der Waals surface area (Å²) in [6.45, 7) is 1.86. The van der Waals surface area contributed by atoms with Gasteiger partial charge in [-0.2, -0.15) is 19.9 Å². The Kier molecular flexibility index (Phi) is 3.97. The van der Waals surface area contributed by atoms with E-state index in [1.165, 1.54) is 0 Å². The van der Waals surface area contributed by atoms with Crippen molar-refractivity contribution in [3.05, 3.63) is 11.7 Å². The van der Waals surface area contributed by atoms with Gasteiger partial charge in [-0.25, -0.2) is 0 Å². The predicted molar refractivity (Wildman–Crippen MR) is 71.8 cm³/mol. The van der Waals surface area contributed by atoms with Gasteiger partial charge in [0.1, 0.15) is 0 Å². The van der Waals surface area contributed by atoms with Gasteiger partial charge in [-0.15, -0.1) is 0 Å². The Labute approximate surface area is 116 Å². The molecule has 0 aliphatic rings. The van der Waals surface area contributed by atoms with Crippen molar-refractivity contribution >= 4 is 11.9 Å². The van der Waals surface area contributed by atoms with E-state index in [2.05, 4.69) is 25.1 Å². The number of nitrogens with zero attached hydrogens (tertiary/aromatic N) is 7. The number of hydrogen-bond acceptors (Lipinski definition) is 9. The van der Waals surface area contributed by atoms with Crippen LogP contribution in [0, 0.1) is 6.92 Å². The van der Waals surface area contributed by atoms with E-state index in [9.17, 15) is 0 Å². The van der Waals surface area contributed by atoms with E-state index >= 15 is 0 Å². The molecular weight excluding hydrogens is 262 g/mol. The molecule has 0 N–H and O–H groups in total. The first-order valence-corrected chi connectivity index (χ1v) is 5.98. The van der Waals surface area contributed by atoms with Crippen LogP contribution in [0.15, 0.2) is 4.52 Å². The summed E-state index contributed by atoms with van der Waals surface area (Å²) in [4.78, 5) is 20.3. The van der Waals surface area contributed by atoms with Crippen molar-refractivity contribution in [2.75, 3.05) is 38.0 Å². The molecule has 0 aliphatic heterocycles. The number of aryl methyl sites for hydroxylation is 1. The van der Waals surface area contributed by atoms with Gasteiger partial charge in [0.2, 0.25) is 23.6 Å². The van der Waals surface area contributed by atoms with Crippen molar-refractivity contribution in [1.29, 1.82) is 0 Å². The minimum Gasteiger partial charge on any atom is -0.455 e. The van der Waals surface area contributed by atoms with E-state index in [0.29, 0.717) is 23.6 Å². The summed E-state index contributed by atoms with van der Waals surface area (Å²) in [5.74, 6) is 1.97. The molecule has 2 aromatic heterocycles. The number of rotatable bonds is 5. The van der Waals surface area contributed by atoms with Crippen molar-refractivity contribution in [3.8, 4) is 6.01 Å². The van der Waals surface area contributed by atoms with Crippen molar-refractivity contribution in [1.82, 2.24) is 25.1 Å². The topological polar surface area (TPSA) is 93.3 Å². The summed E-state index contributed by atoms with van der Waals surface area (Å²) in [5, 5.41) is 3.74. The monoisotopic (exact) mass is 279 g/mol. The number of hydrogen-bond donors (Lipinski definition) is 0. The van der Waals surface area contributed by atoms with E-state index in [-0.39, 0.29) is 12.6 Å². The fourth-order valence-corrected chi connectivity index (χ4v) is 1.33. The van der Waals surface area contributed by atoms with Gasteiger partial charge in [-0.1, -0.05) is 5.16 Å². The summed E-state index contributed by atoms with van der Waals surface area (Å²) in [6, 6.07) is 0.217. The highest BCUT2D eigenvalue weighted by atomic mass is 16.5. The van der Waals surface area contributed by atoms with Crippen LogP contribution in [-0.4, -0.2) is 53.3 Å². The lowest BCUT2D eigenvalue weighted by Crippen LogP contribution is -2.19. The van der Waals surface area contributed by atoms with Crippen molar-refractivity contribution in [3.63, 3.8) is 0 Å². The van der Waals surface area contributed by atoms with Crippen LogP contribution in [0.1, 0.15) is 11.7 Å². The van der Waals surface area contributed by atoms with Crippen LogP contribution in [0.2, 0.25) is 0 Å². The smallest absolute Gasteiger partial charge is 0.323 e. The summed E-state index contributed by atoms with van der Waals surface area (Å²) >= 11 is 0. The fourth-order valence-electron chi connectivity index (χ4n) is 1.33. The van der Waals surface area contributed by atoms with E-state index < -0.39 is 0 Å². The Morgan fingerprint density at radius 3 is 2.00 bits per heavy atom. The highest BCUT2D eigenvalue weighted by Gasteiger charge is 2.12. The third-order valence-corrected chi connectivity index (χ3v) is 2.29. The molecule has 0 unspecified atom stereocenters. The molecule has 2 heterocycles. The van der Waals surface area contributed by atoms with E-state index in [0.717, 1.165) is 0 Å². The maximum absolute atomic E-state index is 5.49. The molecule has 0 atom stereocenters. The second-order valence-electron chi connectivity index (χ2n) is 4.53. The minimum absolute atomic E-state index is 0.140. The summed E-state index contributed by atoms with van der Waals surface area (Å²) in [6.07, 6.45) is 0. The van der Waals surface area contributed by atoms with Crippen LogP contribution < -0.4 is 14.5 Å². The van der Waals surface area contributed by atoms with Gasteiger partial charge >= 0.3 is 6.01 Å².